The largest absolute Gasteiger partial charge is 0.327 e. The second-order valence-electron chi connectivity index (χ2n) is 7.12. The third-order valence-corrected chi connectivity index (χ3v) is 5.35. The summed E-state index contributed by atoms with van der Waals surface area (Å²) in [4.78, 5) is 21.2. The highest BCUT2D eigenvalue weighted by atomic mass is 35.5. The van der Waals surface area contributed by atoms with Gasteiger partial charge in [-0.15, -0.1) is 0 Å². The number of carbonyl (C=O) groups excluding carboxylic acids is 1. The van der Waals surface area contributed by atoms with Crippen LogP contribution in [-0.4, -0.2) is 16.0 Å². The summed E-state index contributed by atoms with van der Waals surface area (Å²) in [5, 5.41) is 6.45. The number of halogens is 1. The van der Waals surface area contributed by atoms with Crippen LogP contribution in [0.5, 0.6) is 0 Å². The van der Waals surface area contributed by atoms with Crippen LogP contribution in [0.1, 0.15) is 30.7 Å². The number of aromatic nitrogens is 2. The minimum absolute atomic E-state index is 0.242. The van der Waals surface area contributed by atoms with Gasteiger partial charge in [-0.1, -0.05) is 29.8 Å². The molecule has 1 aromatic carbocycles. The number of urea groups is 1. The Morgan fingerprint density at radius 3 is 2.50 bits per heavy atom. The summed E-state index contributed by atoms with van der Waals surface area (Å²) in [5.41, 5.74) is 4.26. The molecule has 142 valence electrons. The molecule has 0 unspecified atom stereocenters. The van der Waals surface area contributed by atoms with Gasteiger partial charge in [-0.25, -0.2) is 9.78 Å². The van der Waals surface area contributed by atoms with Gasteiger partial charge in [0.05, 0.1) is 11.2 Å². The second-order valence-corrected chi connectivity index (χ2v) is 7.51. The molecule has 2 amide bonds. The first-order valence-corrected chi connectivity index (χ1v) is 9.67. The van der Waals surface area contributed by atoms with E-state index in [1.807, 2.05) is 55.5 Å². The Kier molecular flexibility index (Phi) is 5.01. The van der Waals surface area contributed by atoms with E-state index < -0.39 is 5.54 Å². The van der Waals surface area contributed by atoms with Gasteiger partial charge in [0.2, 0.25) is 0 Å². The molecule has 0 atom stereocenters. The van der Waals surface area contributed by atoms with E-state index in [1.165, 1.54) is 0 Å². The van der Waals surface area contributed by atoms with Gasteiger partial charge in [0.15, 0.2) is 0 Å². The maximum atomic E-state index is 12.6. The number of benzene rings is 1. The number of anilines is 1. The Balaban J connectivity index is 1.45. The Morgan fingerprint density at radius 1 is 1.07 bits per heavy atom. The van der Waals surface area contributed by atoms with Crippen LogP contribution in [0.15, 0.2) is 60.8 Å². The lowest BCUT2D eigenvalue weighted by atomic mass is 9.74. The van der Waals surface area contributed by atoms with Crippen molar-refractivity contribution in [2.75, 3.05) is 5.32 Å². The maximum absolute atomic E-state index is 12.6. The number of pyridine rings is 2. The minimum Gasteiger partial charge on any atom is -0.327 e. The molecule has 2 aromatic heterocycles. The lowest BCUT2D eigenvalue weighted by Crippen LogP contribution is -2.52. The smallest absolute Gasteiger partial charge is 0.319 e. The van der Waals surface area contributed by atoms with Crippen LogP contribution in [0.4, 0.5) is 10.5 Å². The highest BCUT2D eigenvalue weighted by Gasteiger charge is 2.41. The maximum Gasteiger partial charge on any atom is 0.319 e. The molecule has 1 aliphatic rings. The second kappa shape index (κ2) is 7.60. The van der Waals surface area contributed by atoms with Crippen molar-refractivity contribution >= 4 is 23.3 Å². The number of nitrogens with zero attached hydrogens (tertiary/aromatic N) is 2. The number of carbonyl (C=O) groups is 1. The average Bonchev–Trinajstić information content (AvgIpc) is 2.65. The van der Waals surface area contributed by atoms with E-state index in [2.05, 4.69) is 20.6 Å². The zero-order valence-corrected chi connectivity index (χ0v) is 16.3. The minimum atomic E-state index is -0.441. The zero-order chi connectivity index (χ0) is 19.6. The van der Waals surface area contributed by atoms with Crippen LogP contribution in [-0.2, 0) is 5.54 Å². The molecule has 1 aliphatic carbocycles. The van der Waals surface area contributed by atoms with Crippen molar-refractivity contribution in [3.05, 3.63) is 77.3 Å². The van der Waals surface area contributed by atoms with E-state index in [-0.39, 0.29) is 6.03 Å². The SMILES string of the molecule is Cc1cc(-c2ccc(NC(=O)NC3(c4cccc(Cl)n4)CCC3)cc2)ccn1. The lowest BCUT2D eigenvalue weighted by molar-refractivity contribution is 0.180. The topological polar surface area (TPSA) is 66.9 Å². The third kappa shape index (κ3) is 3.85. The summed E-state index contributed by atoms with van der Waals surface area (Å²) in [7, 11) is 0. The lowest BCUT2D eigenvalue weighted by Gasteiger charge is -2.41. The molecule has 0 aliphatic heterocycles. The molecule has 1 saturated carbocycles. The van der Waals surface area contributed by atoms with Crippen LogP contribution in [0.2, 0.25) is 5.15 Å². The van der Waals surface area contributed by atoms with Gasteiger partial charge in [0.1, 0.15) is 5.15 Å². The number of amides is 2. The zero-order valence-electron chi connectivity index (χ0n) is 15.6. The van der Waals surface area contributed by atoms with Gasteiger partial charge >= 0.3 is 6.03 Å². The highest BCUT2D eigenvalue weighted by Crippen LogP contribution is 2.40. The fourth-order valence-corrected chi connectivity index (χ4v) is 3.66. The molecule has 2 heterocycles. The molecule has 6 heteroatoms. The van der Waals surface area contributed by atoms with E-state index in [0.717, 1.165) is 47.5 Å². The Morgan fingerprint density at radius 2 is 1.86 bits per heavy atom. The molecule has 3 aromatic rings. The van der Waals surface area contributed by atoms with Crippen LogP contribution < -0.4 is 10.6 Å². The number of aryl methyl sites for hydroxylation is 1. The summed E-state index contributed by atoms with van der Waals surface area (Å²) in [6.07, 6.45) is 4.56. The van der Waals surface area contributed by atoms with Crippen LogP contribution >= 0.6 is 11.6 Å². The van der Waals surface area contributed by atoms with E-state index in [9.17, 15) is 4.79 Å². The molecule has 4 rings (SSSR count). The van der Waals surface area contributed by atoms with Gasteiger partial charge < -0.3 is 10.6 Å². The fraction of sp³-hybridized carbons (Fsp3) is 0.227. The predicted octanol–water partition coefficient (Wildman–Crippen LogP) is 5.31. The fourth-order valence-electron chi connectivity index (χ4n) is 3.50. The van der Waals surface area contributed by atoms with Crippen molar-refractivity contribution < 1.29 is 4.79 Å². The average molecular weight is 393 g/mol. The first kappa shape index (κ1) is 18.4. The quantitative estimate of drug-likeness (QED) is 0.591. The van der Waals surface area contributed by atoms with Crippen molar-refractivity contribution in [1.29, 1.82) is 0 Å². The van der Waals surface area contributed by atoms with Crippen LogP contribution in [0, 0.1) is 6.92 Å². The summed E-state index contributed by atoms with van der Waals surface area (Å²) in [6, 6.07) is 17.1. The Hall–Kier alpha value is -2.92. The molecular formula is C22H21ClN4O. The van der Waals surface area contributed by atoms with Gasteiger partial charge in [0, 0.05) is 17.6 Å². The molecule has 0 spiro atoms. The molecule has 28 heavy (non-hydrogen) atoms. The van der Waals surface area contributed by atoms with E-state index >= 15 is 0 Å². The van der Waals surface area contributed by atoms with Crippen molar-refractivity contribution in [3.63, 3.8) is 0 Å². The van der Waals surface area contributed by atoms with Gasteiger partial charge in [-0.05, 0) is 73.7 Å². The van der Waals surface area contributed by atoms with E-state index in [4.69, 9.17) is 11.6 Å². The van der Waals surface area contributed by atoms with Crippen LogP contribution in [0.25, 0.3) is 11.1 Å². The van der Waals surface area contributed by atoms with E-state index in [1.54, 1.807) is 12.3 Å². The number of hydrogen-bond acceptors (Lipinski definition) is 3. The third-order valence-electron chi connectivity index (χ3n) is 5.14. The molecule has 2 N–H and O–H groups in total. The molecule has 0 bridgehead atoms. The Labute approximate surface area is 169 Å². The number of rotatable bonds is 4. The number of nitrogens with one attached hydrogen (secondary N) is 2. The molecular weight excluding hydrogens is 372 g/mol. The first-order chi connectivity index (χ1) is 13.5. The van der Waals surface area contributed by atoms with Crippen molar-refractivity contribution in [3.8, 4) is 11.1 Å². The Bertz CT molecular complexity index is 999. The molecule has 0 saturated heterocycles. The molecule has 5 nitrogen and oxygen atoms in total. The summed E-state index contributed by atoms with van der Waals surface area (Å²) in [6.45, 7) is 1.97. The van der Waals surface area contributed by atoms with E-state index in [0.29, 0.717) is 5.15 Å². The van der Waals surface area contributed by atoms with Gasteiger partial charge in [-0.3, -0.25) is 4.98 Å². The van der Waals surface area contributed by atoms with Crippen molar-refractivity contribution in [2.45, 2.75) is 31.7 Å². The summed E-state index contributed by atoms with van der Waals surface area (Å²) < 4.78 is 0. The monoisotopic (exact) mass is 392 g/mol. The van der Waals surface area contributed by atoms with Gasteiger partial charge in [-0.2, -0.15) is 0 Å². The standard InChI is InChI=1S/C22H21ClN4O/c1-15-14-17(10-13-24-15)16-6-8-18(9-7-16)25-21(28)27-22(11-3-12-22)19-4-2-5-20(23)26-19/h2,4-10,13-14H,3,11-12H2,1H3,(H2,25,27,28). The van der Waals surface area contributed by atoms with Crippen LogP contribution in [0.3, 0.4) is 0 Å². The predicted molar refractivity (Wildman–Crippen MR) is 111 cm³/mol. The first-order valence-electron chi connectivity index (χ1n) is 9.29. The molecule has 0 radical (unpaired) electrons. The van der Waals surface area contributed by atoms with Gasteiger partial charge in [0.25, 0.3) is 0 Å². The highest BCUT2D eigenvalue weighted by molar-refractivity contribution is 6.29. The molecule has 1 fully saturated rings. The van der Waals surface area contributed by atoms with Crippen molar-refractivity contribution in [1.82, 2.24) is 15.3 Å². The summed E-state index contributed by atoms with van der Waals surface area (Å²) in [5.74, 6) is 0. The van der Waals surface area contributed by atoms with Crippen molar-refractivity contribution in [2.24, 2.45) is 0 Å². The normalized spacial score (nSPS) is 14.8. The number of hydrogen-bond donors (Lipinski definition) is 2. The summed E-state index contributed by atoms with van der Waals surface area (Å²) >= 11 is 6.03.